The first-order valence-electron chi connectivity index (χ1n) is 8.76. The monoisotopic (exact) mass is 396 g/mol. The number of anilines is 1. The fourth-order valence-corrected chi connectivity index (χ4v) is 4.72. The molecule has 1 aliphatic heterocycles. The molecule has 1 saturated heterocycles. The van der Waals surface area contributed by atoms with Gasteiger partial charge in [-0.05, 0) is 31.0 Å². The lowest BCUT2D eigenvalue weighted by atomic mass is 10.2. The van der Waals surface area contributed by atoms with Crippen LogP contribution in [0.4, 0.5) is 5.69 Å². The summed E-state index contributed by atoms with van der Waals surface area (Å²) in [6.07, 6.45) is 1.08. The minimum Gasteiger partial charge on any atom is -0.452 e. The fraction of sp³-hybridized carbons (Fsp3) is 0.500. The molecule has 27 heavy (non-hydrogen) atoms. The molecule has 0 unspecified atom stereocenters. The van der Waals surface area contributed by atoms with Crippen LogP contribution in [0.5, 0.6) is 0 Å². The van der Waals surface area contributed by atoms with E-state index in [1.165, 1.54) is 24.0 Å². The molecule has 2 amide bonds. The summed E-state index contributed by atoms with van der Waals surface area (Å²) >= 11 is 0. The predicted molar refractivity (Wildman–Crippen MR) is 100 cm³/mol. The quantitative estimate of drug-likeness (QED) is 0.694. The van der Waals surface area contributed by atoms with Crippen LogP contribution in [0, 0.1) is 0 Å². The third kappa shape index (κ3) is 6.06. The fourth-order valence-electron chi connectivity index (χ4n) is 2.99. The zero-order valence-electron chi connectivity index (χ0n) is 15.4. The molecular weight excluding hydrogens is 372 g/mol. The van der Waals surface area contributed by atoms with Crippen LogP contribution in [0.2, 0.25) is 0 Å². The highest BCUT2D eigenvalue weighted by atomic mass is 32.2. The van der Waals surface area contributed by atoms with Crippen molar-refractivity contribution in [3.05, 3.63) is 29.8 Å². The van der Waals surface area contributed by atoms with Crippen molar-refractivity contribution in [1.29, 1.82) is 0 Å². The Morgan fingerprint density at radius 1 is 1.30 bits per heavy atom. The maximum atomic E-state index is 12.5. The maximum Gasteiger partial charge on any atom is 0.338 e. The highest BCUT2D eigenvalue weighted by molar-refractivity contribution is 7.91. The van der Waals surface area contributed by atoms with Crippen LogP contribution in [0.1, 0.15) is 37.0 Å². The van der Waals surface area contributed by atoms with Gasteiger partial charge in [-0.15, -0.1) is 0 Å². The van der Waals surface area contributed by atoms with Crippen molar-refractivity contribution in [3.63, 3.8) is 0 Å². The summed E-state index contributed by atoms with van der Waals surface area (Å²) in [4.78, 5) is 37.3. The van der Waals surface area contributed by atoms with Crippen molar-refractivity contribution in [2.24, 2.45) is 0 Å². The number of ether oxygens (including phenoxy) is 1. The van der Waals surface area contributed by atoms with Gasteiger partial charge in [-0.25, -0.2) is 13.2 Å². The molecule has 1 aromatic carbocycles. The Bertz CT molecular complexity index is 821. The lowest BCUT2D eigenvalue weighted by Crippen LogP contribution is -2.43. The van der Waals surface area contributed by atoms with Crippen LogP contribution in [0.3, 0.4) is 0 Å². The zero-order valence-corrected chi connectivity index (χ0v) is 16.3. The zero-order chi connectivity index (χ0) is 20.0. The van der Waals surface area contributed by atoms with E-state index in [9.17, 15) is 22.8 Å². The van der Waals surface area contributed by atoms with Crippen molar-refractivity contribution >= 4 is 33.3 Å². The molecule has 1 aromatic rings. The highest BCUT2D eigenvalue weighted by Crippen LogP contribution is 2.19. The summed E-state index contributed by atoms with van der Waals surface area (Å²) in [5.74, 6) is -1.35. The molecule has 0 radical (unpaired) electrons. The number of rotatable bonds is 7. The van der Waals surface area contributed by atoms with Crippen LogP contribution < -0.4 is 5.32 Å². The predicted octanol–water partition coefficient (Wildman–Crippen LogP) is 1.23. The summed E-state index contributed by atoms with van der Waals surface area (Å²) in [6, 6.07) is 5.83. The Morgan fingerprint density at radius 2 is 2.04 bits per heavy atom. The second-order valence-electron chi connectivity index (χ2n) is 6.48. The first-order chi connectivity index (χ1) is 12.7. The van der Waals surface area contributed by atoms with E-state index in [1.54, 1.807) is 12.1 Å². The Kier molecular flexibility index (Phi) is 6.95. The van der Waals surface area contributed by atoms with Crippen molar-refractivity contribution in [3.8, 4) is 0 Å². The first kappa shape index (κ1) is 20.9. The molecule has 148 valence electrons. The van der Waals surface area contributed by atoms with E-state index in [0.29, 0.717) is 25.1 Å². The molecule has 0 aliphatic carbocycles. The number of sulfone groups is 1. The van der Waals surface area contributed by atoms with Gasteiger partial charge in [-0.1, -0.05) is 13.0 Å². The Morgan fingerprint density at radius 3 is 2.63 bits per heavy atom. The number of carbonyl (C=O) groups is 3. The summed E-state index contributed by atoms with van der Waals surface area (Å²) in [6.45, 7) is 3.20. The topological polar surface area (TPSA) is 110 Å². The molecule has 1 heterocycles. The first-order valence-corrected chi connectivity index (χ1v) is 10.6. The Balaban J connectivity index is 1.98. The minimum absolute atomic E-state index is 0.0502. The Labute approximate surface area is 158 Å². The molecule has 1 atom stereocenters. The Hall–Kier alpha value is -2.42. The van der Waals surface area contributed by atoms with Crippen LogP contribution in [0.25, 0.3) is 0 Å². The number of nitrogens with one attached hydrogen (secondary N) is 1. The van der Waals surface area contributed by atoms with Gasteiger partial charge >= 0.3 is 5.97 Å². The van der Waals surface area contributed by atoms with E-state index < -0.39 is 28.3 Å². The van der Waals surface area contributed by atoms with Gasteiger partial charge in [-0.3, -0.25) is 9.59 Å². The molecular formula is C18H24N2O6S. The van der Waals surface area contributed by atoms with Crippen LogP contribution in [-0.4, -0.2) is 61.8 Å². The van der Waals surface area contributed by atoms with E-state index in [1.807, 2.05) is 6.92 Å². The molecule has 0 saturated carbocycles. The number of hydrogen-bond acceptors (Lipinski definition) is 6. The second-order valence-corrected chi connectivity index (χ2v) is 8.71. The summed E-state index contributed by atoms with van der Waals surface area (Å²) in [5.41, 5.74) is 0.659. The molecule has 0 spiro atoms. The van der Waals surface area contributed by atoms with Gasteiger partial charge in [0.05, 0.1) is 17.1 Å². The summed E-state index contributed by atoms with van der Waals surface area (Å²) in [5, 5.41) is 2.57. The number of carbonyl (C=O) groups excluding carboxylic acids is 3. The smallest absolute Gasteiger partial charge is 0.338 e. The van der Waals surface area contributed by atoms with E-state index >= 15 is 0 Å². The van der Waals surface area contributed by atoms with Gasteiger partial charge < -0.3 is 15.0 Å². The number of benzene rings is 1. The average Bonchev–Trinajstić information content (AvgIpc) is 2.96. The molecule has 0 aromatic heterocycles. The van der Waals surface area contributed by atoms with Gasteiger partial charge in [-0.2, -0.15) is 0 Å². The lowest BCUT2D eigenvalue weighted by molar-refractivity contribution is -0.136. The largest absolute Gasteiger partial charge is 0.452 e. The molecule has 1 fully saturated rings. The minimum atomic E-state index is -3.12. The van der Waals surface area contributed by atoms with E-state index in [2.05, 4.69) is 5.32 Å². The average molecular weight is 396 g/mol. The number of esters is 1. The third-order valence-corrected chi connectivity index (χ3v) is 5.93. The summed E-state index contributed by atoms with van der Waals surface area (Å²) < 4.78 is 28.5. The standard InChI is InChI=1S/C18H24N2O6S/c1-3-8-20(16-7-9-27(24,25)12-16)17(22)11-26-18(23)14-5-4-6-15(10-14)19-13(2)21/h4-6,10,16H,3,7-9,11-12H2,1-2H3,(H,19,21)/t16-/m1/s1. The molecule has 2 rings (SSSR count). The molecule has 9 heteroatoms. The van der Waals surface area contributed by atoms with Crippen LogP contribution >= 0.6 is 0 Å². The summed E-state index contributed by atoms with van der Waals surface area (Å²) in [7, 11) is -3.12. The van der Waals surface area contributed by atoms with Gasteiger partial charge in [0.1, 0.15) is 0 Å². The second kappa shape index (κ2) is 8.98. The van der Waals surface area contributed by atoms with Crippen molar-refractivity contribution in [1.82, 2.24) is 4.90 Å². The molecule has 1 aliphatic rings. The molecule has 8 nitrogen and oxygen atoms in total. The van der Waals surface area contributed by atoms with E-state index in [-0.39, 0.29) is 29.0 Å². The van der Waals surface area contributed by atoms with Crippen LogP contribution in [0.15, 0.2) is 24.3 Å². The van der Waals surface area contributed by atoms with Gasteiger partial charge in [0.25, 0.3) is 5.91 Å². The highest BCUT2D eigenvalue weighted by Gasteiger charge is 2.34. The van der Waals surface area contributed by atoms with Crippen LogP contribution in [-0.2, 0) is 24.2 Å². The SMILES string of the molecule is CCCN(C(=O)COC(=O)c1cccc(NC(C)=O)c1)[C@@H]1CCS(=O)(=O)C1. The maximum absolute atomic E-state index is 12.5. The van der Waals surface area contributed by atoms with Crippen molar-refractivity contribution in [2.45, 2.75) is 32.7 Å². The van der Waals surface area contributed by atoms with Gasteiger partial charge in [0.2, 0.25) is 5.91 Å². The number of nitrogens with zero attached hydrogens (tertiary/aromatic N) is 1. The van der Waals surface area contributed by atoms with Crippen molar-refractivity contribution in [2.75, 3.05) is 30.0 Å². The van der Waals surface area contributed by atoms with Gasteiger partial charge in [0.15, 0.2) is 16.4 Å². The normalized spacial score (nSPS) is 17.9. The number of hydrogen-bond donors (Lipinski definition) is 1. The van der Waals surface area contributed by atoms with E-state index in [0.717, 1.165) is 0 Å². The lowest BCUT2D eigenvalue weighted by Gasteiger charge is -2.27. The molecule has 1 N–H and O–H groups in total. The molecule has 0 bridgehead atoms. The van der Waals surface area contributed by atoms with Crippen molar-refractivity contribution < 1.29 is 27.5 Å². The number of amides is 2. The third-order valence-electron chi connectivity index (χ3n) is 4.18. The van der Waals surface area contributed by atoms with E-state index in [4.69, 9.17) is 4.74 Å². The van der Waals surface area contributed by atoms with Gasteiger partial charge in [0, 0.05) is 25.2 Å².